The maximum atomic E-state index is 12.5. The third-order valence-corrected chi connectivity index (χ3v) is 3.85. The molecule has 8 heteroatoms. The molecule has 0 saturated carbocycles. The Labute approximate surface area is 128 Å². The maximum Gasteiger partial charge on any atom is 0.434 e. The molecular weight excluding hydrogens is 317 g/mol. The molecule has 0 aliphatic heterocycles. The summed E-state index contributed by atoms with van der Waals surface area (Å²) in [4.78, 5) is 14.8. The fourth-order valence-corrected chi connectivity index (χ4v) is 2.64. The SMILES string of the molecule is COC(=O)[C@@H](N)Cc1ccc(-c2nc(C(F)(F)F)cs2)cc1. The molecule has 0 bridgehead atoms. The zero-order chi connectivity index (χ0) is 16.3. The smallest absolute Gasteiger partial charge is 0.434 e. The number of aromatic nitrogens is 1. The minimum Gasteiger partial charge on any atom is -0.468 e. The van der Waals surface area contributed by atoms with Gasteiger partial charge >= 0.3 is 12.1 Å². The van der Waals surface area contributed by atoms with Crippen molar-refractivity contribution in [2.75, 3.05) is 7.11 Å². The Morgan fingerprint density at radius 2 is 2.00 bits per heavy atom. The Kier molecular flexibility index (Phi) is 4.82. The van der Waals surface area contributed by atoms with Crippen LogP contribution in [0, 0.1) is 0 Å². The molecule has 2 N–H and O–H groups in total. The van der Waals surface area contributed by atoms with Crippen molar-refractivity contribution in [2.24, 2.45) is 5.73 Å². The van der Waals surface area contributed by atoms with Crippen LogP contribution in [0.5, 0.6) is 0 Å². The average molecular weight is 330 g/mol. The molecule has 1 atom stereocenters. The van der Waals surface area contributed by atoms with E-state index in [0.717, 1.165) is 22.3 Å². The highest BCUT2D eigenvalue weighted by Gasteiger charge is 2.33. The number of carbonyl (C=O) groups excluding carboxylic acids is 1. The van der Waals surface area contributed by atoms with E-state index in [-0.39, 0.29) is 5.01 Å². The lowest BCUT2D eigenvalue weighted by Gasteiger charge is -2.09. The van der Waals surface area contributed by atoms with Gasteiger partial charge in [0.1, 0.15) is 11.0 Å². The van der Waals surface area contributed by atoms with Crippen LogP contribution in [0.15, 0.2) is 29.6 Å². The second-order valence-corrected chi connectivity index (χ2v) is 5.42. The van der Waals surface area contributed by atoms with Crippen LogP contribution >= 0.6 is 11.3 Å². The normalized spacial score (nSPS) is 13.0. The van der Waals surface area contributed by atoms with Crippen molar-refractivity contribution in [3.05, 3.63) is 40.9 Å². The molecule has 2 aromatic rings. The predicted octanol–water partition coefficient (Wildman–Crippen LogP) is 2.87. The average Bonchev–Trinajstić information content (AvgIpc) is 2.97. The van der Waals surface area contributed by atoms with Crippen LogP contribution in [0.4, 0.5) is 13.2 Å². The summed E-state index contributed by atoms with van der Waals surface area (Å²) < 4.78 is 42.1. The molecule has 2 rings (SSSR count). The molecule has 1 aromatic carbocycles. The fraction of sp³-hybridized carbons (Fsp3) is 0.286. The first-order chi connectivity index (χ1) is 10.3. The summed E-state index contributed by atoms with van der Waals surface area (Å²) in [5.74, 6) is -0.515. The Morgan fingerprint density at radius 1 is 1.36 bits per heavy atom. The topological polar surface area (TPSA) is 65.2 Å². The van der Waals surface area contributed by atoms with Crippen molar-refractivity contribution in [3.63, 3.8) is 0 Å². The van der Waals surface area contributed by atoms with Gasteiger partial charge in [-0.3, -0.25) is 4.79 Å². The van der Waals surface area contributed by atoms with Gasteiger partial charge in [0.15, 0.2) is 5.69 Å². The molecule has 118 valence electrons. The van der Waals surface area contributed by atoms with Crippen LogP contribution in [-0.4, -0.2) is 24.1 Å². The van der Waals surface area contributed by atoms with Gasteiger partial charge in [-0.1, -0.05) is 24.3 Å². The lowest BCUT2D eigenvalue weighted by Crippen LogP contribution is -2.33. The van der Waals surface area contributed by atoms with Gasteiger partial charge in [-0.2, -0.15) is 13.2 Å². The van der Waals surface area contributed by atoms with Crippen molar-refractivity contribution in [2.45, 2.75) is 18.6 Å². The molecule has 0 aliphatic carbocycles. The fourth-order valence-electron chi connectivity index (χ4n) is 1.81. The van der Waals surface area contributed by atoms with Crippen molar-refractivity contribution in [1.29, 1.82) is 0 Å². The zero-order valence-electron chi connectivity index (χ0n) is 11.6. The van der Waals surface area contributed by atoms with Gasteiger partial charge in [0.2, 0.25) is 0 Å². The van der Waals surface area contributed by atoms with Crippen LogP contribution in [0.1, 0.15) is 11.3 Å². The number of thiazole rings is 1. The lowest BCUT2D eigenvalue weighted by molar-refractivity contribution is -0.142. The van der Waals surface area contributed by atoms with Gasteiger partial charge in [0.25, 0.3) is 0 Å². The van der Waals surface area contributed by atoms with Crippen LogP contribution in [0.2, 0.25) is 0 Å². The van der Waals surface area contributed by atoms with Gasteiger partial charge in [-0.05, 0) is 12.0 Å². The van der Waals surface area contributed by atoms with Gasteiger partial charge in [0.05, 0.1) is 7.11 Å². The number of nitrogens with two attached hydrogens (primary N) is 1. The number of hydrogen-bond donors (Lipinski definition) is 1. The lowest BCUT2D eigenvalue weighted by atomic mass is 10.0. The highest BCUT2D eigenvalue weighted by atomic mass is 32.1. The van der Waals surface area contributed by atoms with E-state index in [4.69, 9.17) is 5.73 Å². The molecule has 0 aliphatic rings. The summed E-state index contributed by atoms with van der Waals surface area (Å²) >= 11 is 0.928. The molecule has 1 aromatic heterocycles. The largest absolute Gasteiger partial charge is 0.468 e. The third-order valence-electron chi connectivity index (χ3n) is 2.96. The minimum absolute atomic E-state index is 0.288. The van der Waals surface area contributed by atoms with Crippen molar-refractivity contribution >= 4 is 17.3 Å². The number of esters is 1. The second kappa shape index (κ2) is 6.45. The van der Waals surface area contributed by atoms with E-state index in [2.05, 4.69) is 9.72 Å². The summed E-state index contributed by atoms with van der Waals surface area (Å²) in [7, 11) is 1.26. The quantitative estimate of drug-likeness (QED) is 0.876. The summed E-state index contributed by atoms with van der Waals surface area (Å²) in [6, 6.07) is 5.93. The van der Waals surface area contributed by atoms with Gasteiger partial charge in [0, 0.05) is 10.9 Å². The predicted molar refractivity (Wildman–Crippen MR) is 76.2 cm³/mol. The number of methoxy groups -OCH3 is 1. The van der Waals surface area contributed by atoms with Crippen LogP contribution < -0.4 is 5.73 Å². The number of carbonyl (C=O) groups is 1. The Bertz CT molecular complexity index is 653. The molecule has 0 fully saturated rings. The molecule has 4 nitrogen and oxygen atoms in total. The number of nitrogens with zero attached hydrogens (tertiary/aromatic N) is 1. The Balaban J connectivity index is 2.12. The van der Waals surface area contributed by atoms with E-state index >= 15 is 0 Å². The molecule has 0 radical (unpaired) electrons. The van der Waals surface area contributed by atoms with E-state index < -0.39 is 23.9 Å². The minimum atomic E-state index is -4.44. The highest BCUT2D eigenvalue weighted by Crippen LogP contribution is 2.33. The van der Waals surface area contributed by atoms with Crippen LogP contribution in [0.3, 0.4) is 0 Å². The van der Waals surface area contributed by atoms with E-state index in [1.54, 1.807) is 24.3 Å². The number of rotatable bonds is 4. The van der Waals surface area contributed by atoms with Crippen molar-refractivity contribution in [3.8, 4) is 10.6 Å². The van der Waals surface area contributed by atoms with E-state index in [1.165, 1.54) is 7.11 Å². The summed E-state index contributed by atoms with van der Waals surface area (Å²) in [5.41, 5.74) is 6.12. The van der Waals surface area contributed by atoms with Gasteiger partial charge < -0.3 is 10.5 Å². The summed E-state index contributed by atoms with van der Waals surface area (Å²) in [6.45, 7) is 0. The molecule has 22 heavy (non-hydrogen) atoms. The summed E-state index contributed by atoms with van der Waals surface area (Å²) in [6.07, 6.45) is -4.15. The standard InChI is InChI=1S/C14H13F3N2O2S/c1-21-13(20)10(18)6-8-2-4-9(5-3-8)12-19-11(7-22-12)14(15,16)17/h2-5,7,10H,6,18H2,1H3/t10-/m0/s1. The van der Waals surface area contributed by atoms with Gasteiger partial charge in [-0.25, -0.2) is 4.98 Å². The molecule has 0 spiro atoms. The van der Waals surface area contributed by atoms with Crippen molar-refractivity contribution < 1.29 is 22.7 Å². The maximum absolute atomic E-state index is 12.5. The number of alkyl halides is 3. The highest BCUT2D eigenvalue weighted by molar-refractivity contribution is 7.13. The Morgan fingerprint density at radius 3 is 2.50 bits per heavy atom. The number of halogens is 3. The van der Waals surface area contributed by atoms with E-state index in [0.29, 0.717) is 12.0 Å². The first-order valence-electron chi connectivity index (χ1n) is 6.26. The number of benzene rings is 1. The van der Waals surface area contributed by atoms with Crippen LogP contribution in [-0.2, 0) is 22.1 Å². The molecule has 0 saturated heterocycles. The first kappa shape index (κ1) is 16.4. The van der Waals surface area contributed by atoms with Crippen LogP contribution in [0.25, 0.3) is 10.6 Å². The Hall–Kier alpha value is -1.93. The summed E-state index contributed by atoms with van der Waals surface area (Å²) in [5, 5.41) is 1.27. The zero-order valence-corrected chi connectivity index (χ0v) is 12.4. The molecule has 0 amide bonds. The van der Waals surface area contributed by atoms with E-state index in [9.17, 15) is 18.0 Å². The molecular formula is C14H13F3N2O2S. The monoisotopic (exact) mass is 330 g/mol. The van der Waals surface area contributed by atoms with Crippen molar-refractivity contribution in [1.82, 2.24) is 4.98 Å². The second-order valence-electron chi connectivity index (χ2n) is 4.57. The number of hydrogen-bond acceptors (Lipinski definition) is 5. The third kappa shape index (κ3) is 3.83. The molecule has 0 unspecified atom stereocenters. The number of ether oxygens (including phenoxy) is 1. The molecule has 1 heterocycles. The first-order valence-corrected chi connectivity index (χ1v) is 7.14. The van der Waals surface area contributed by atoms with Gasteiger partial charge in [-0.15, -0.1) is 11.3 Å². The van der Waals surface area contributed by atoms with E-state index in [1.807, 2.05) is 0 Å².